The van der Waals surface area contributed by atoms with Crippen LogP contribution in [0.15, 0.2) is 4.90 Å². The predicted octanol–water partition coefficient (Wildman–Crippen LogP) is 0.824. The molecule has 0 fully saturated rings. The van der Waals surface area contributed by atoms with Gasteiger partial charge in [-0.25, -0.2) is 8.42 Å². The van der Waals surface area contributed by atoms with E-state index in [1.165, 1.54) is 11.6 Å². The van der Waals surface area contributed by atoms with Gasteiger partial charge in [0.05, 0.1) is 5.69 Å². The largest absolute Gasteiger partial charge is 0.255 e. The third-order valence-corrected chi connectivity index (χ3v) is 2.99. The van der Waals surface area contributed by atoms with Gasteiger partial charge in [-0.05, 0) is 6.92 Å². The average Bonchev–Trinajstić information content (AvgIpc) is 2.05. The second-order valence-corrected chi connectivity index (χ2v) is 4.23. The summed E-state index contributed by atoms with van der Waals surface area (Å²) in [5.74, 6) is 0. The maximum Gasteiger partial charge on any atom is 0.188 e. The van der Waals surface area contributed by atoms with Crippen molar-refractivity contribution in [2.45, 2.75) is 11.8 Å². The molecule has 6 heteroatoms. The highest BCUT2D eigenvalue weighted by atomic mass is 35.5. The summed E-state index contributed by atoms with van der Waals surface area (Å²) in [4.78, 5) is -0.105. The van der Waals surface area contributed by atoms with Crippen LogP contribution in [-0.4, -0.2) is 18.2 Å². The summed E-state index contributed by atoms with van der Waals surface area (Å²) in [5, 5.41) is 3.84. The standard InChI is InChI=1S/C6H7ClN2O2S/c1-4-5(12(3,10)11)6(7)9(2)8-4/h3H,1-2H3. The van der Waals surface area contributed by atoms with Crippen molar-refractivity contribution in [3.8, 4) is 0 Å². The number of nitrogens with zero attached hydrogens (tertiary/aromatic N) is 2. The van der Waals surface area contributed by atoms with E-state index < -0.39 is 9.84 Å². The molecule has 2 radical (unpaired) electrons. The molecule has 0 spiro atoms. The zero-order valence-electron chi connectivity index (χ0n) is 6.57. The van der Waals surface area contributed by atoms with Crippen LogP contribution in [0, 0.1) is 13.2 Å². The molecule has 12 heavy (non-hydrogen) atoms. The Hall–Kier alpha value is -0.550. The highest BCUT2D eigenvalue weighted by Crippen LogP contribution is 2.24. The summed E-state index contributed by atoms with van der Waals surface area (Å²) in [6, 6.07) is 0. The van der Waals surface area contributed by atoms with Gasteiger partial charge in [0.15, 0.2) is 9.84 Å². The second kappa shape index (κ2) is 2.74. The molecular weight excluding hydrogens is 200 g/mol. The Bertz CT molecular complexity index is 407. The first-order chi connectivity index (χ1) is 5.34. The van der Waals surface area contributed by atoms with E-state index in [2.05, 4.69) is 5.10 Å². The van der Waals surface area contributed by atoms with Gasteiger partial charge in [0.1, 0.15) is 16.3 Å². The number of halogens is 1. The Morgan fingerprint density at radius 2 is 2.08 bits per heavy atom. The fraction of sp³-hybridized carbons (Fsp3) is 0.333. The third-order valence-electron chi connectivity index (χ3n) is 1.38. The molecule has 1 aromatic heterocycles. The van der Waals surface area contributed by atoms with E-state index >= 15 is 0 Å². The molecule has 0 unspecified atom stereocenters. The molecular formula is C6H7ClN2O2S. The normalized spacial score (nSPS) is 12.0. The Morgan fingerprint density at radius 1 is 1.58 bits per heavy atom. The van der Waals surface area contributed by atoms with E-state index in [0.717, 1.165) is 0 Å². The van der Waals surface area contributed by atoms with Crippen molar-refractivity contribution in [1.82, 2.24) is 9.78 Å². The van der Waals surface area contributed by atoms with Crippen molar-refractivity contribution in [2.24, 2.45) is 7.05 Å². The fourth-order valence-corrected chi connectivity index (χ4v) is 2.25. The maximum absolute atomic E-state index is 10.9. The summed E-state index contributed by atoms with van der Waals surface area (Å²) < 4.78 is 23.1. The monoisotopic (exact) mass is 206 g/mol. The lowest BCUT2D eigenvalue weighted by atomic mass is 10.5. The molecule has 66 valence electrons. The molecule has 0 aromatic carbocycles. The van der Waals surface area contributed by atoms with Crippen LogP contribution < -0.4 is 0 Å². The lowest BCUT2D eigenvalue weighted by Gasteiger charge is -1.94. The van der Waals surface area contributed by atoms with Gasteiger partial charge in [-0.15, -0.1) is 0 Å². The van der Waals surface area contributed by atoms with Crippen LogP contribution in [0.25, 0.3) is 0 Å². The Morgan fingerprint density at radius 3 is 2.25 bits per heavy atom. The van der Waals surface area contributed by atoms with Gasteiger partial charge in [-0.3, -0.25) is 4.68 Å². The van der Waals surface area contributed by atoms with Crippen molar-refractivity contribution in [1.29, 1.82) is 0 Å². The highest BCUT2D eigenvalue weighted by molar-refractivity contribution is 7.92. The molecule has 0 bridgehead atoms. The van der Waals surface area contributed by atoms with Crippen LogP contribution >= 0.6 is 11.6 Å². The first-order valence-corrected chi connectivity index (χ1v) is 4.98. The first kappa shape index (κ1) is 9.54. The Kier molecular flexibility index (Phi) is 2.18. The van der Waals surface area contributed by atoms with Gasteiger partial charge >= 0.3 is 0 Å². The lowest BCUT2D eigenvalue weighted by molar-refractivity contribution is 0.604. The number of aromatic nitrogens is 2. The summed E-state index contributed by atoms with van der Waals surface area (Å²) >= 11 is 5.64. The molecule has 0 aliphatic heterocycles. The van der Waals surface area contributed by atoms with Gasteiger partial charge in [0.2, 0.25) is 0 Å². The average molecular weight is 207 g/mol. The molecule has 4 nitrogen and oxygen atoms in total. The molecule has 0 atom stereocenters. The smallest absolute Gasteiger partial charge is 0.188 e. The van der Waals surface area contributed by atoms with Gasteiger partial charge in [-0.2, -0.15) is 5.10 Å². The number of hydrogen-bond acceptors (Lipinski definition) is 3. The van der Waals surface area contributed by atoms with E-state index in [9.17, 15) is 8.42 Å². The van der Waals surface area contributed by atoms with E-state index in [0.29, 0.717) is 5.69 Å². The van der Waals surface area contributed by atoms with Gasteiger partial charge in [-0.1, -0.05) is 11.6 Å². The summed E-state index contributed by atoms with van der Waals surface area (Å²) in [5.41, 5.74) is 0.310. The number of aryl methyl sites for hydroxylation is 2. The SMILES string of the molecule is [CH]S(=O)(=O)c1c(C)nn(C)c1Cl. The summed E-state index contributed by atoms with van der Waals surface area (Å²) in [6.07, 6.45) is 4.91. The molecule has 1 aromatic rings. The van der Waals surface area contributed by atoms with Crippen molar-refractivity contribution in [3.63, 3.8) is 0 Å². The zero-order valence-corrected chi connectivity index (χ0v) is 8.15. The van der Waals surface area contributed by atoms with Crippen LogP contribution in [0.2, 0.25) is 5.15 Å². The topological polar surface area (TPSA) is 52.0 Å². The quantitative estimate of drug-likeness (QED) is 0.684. The molecule has 0 saturated heterocycles. The van der Waals surface area contributed by atoms with Crippen LogP contribution in [-0.2, 0) is 16.9 Å². The zero-order chi connectivity index (χ0) is 9.52. The van der Waals surface area contributed by atoms with Crippen LogP contribution in [0.1, 0.15) is 5.69 Å². The second-order valence-electron chi connectivity index (χ2n) is 2.37. The molecule has 1 rings (SSSR count). The predicted molar refractivity (Wildman–Crippen MR) is 44.4 cm³/mol. The molecule has 0 N–H and O–H groups in total. The van der Waals surface area contributed by atoms with Crippen molar-refractivity contribution in [2.75, 3.05) is 0 Å². The highest BCUT2D eigenvalue weighted by Gasteiger charge is 2.20. The van der Waals surface area contributed by atoms with Gasteiger partial charge in [0.25, 0.3) is 0 Å². The van der Waals surface area contributed by atoms with E-state index in [-0.39, 0.29) is 10.0 Å². The molecule has 0 amide bonds. The van der Waals surface area contributed by atoms with E-state index in [4.69, 9.17) is 17.9 Å². The van der Waals surface area contributed by atoms with Crippen LogP contribution in [0.4, 0.5) is 0 Å². The first-order valence-electron chi connectivity index (χ1n) is 3.06. The molecule has 0 saturated carbocycles. The van der Waals surface area contributed by atoms with Crippen LogP contribution in [0.3, 0.4) is 0 Å². The van der Waals surface area contributed by atoms with E-state index in [1.54, 1.807) is 7.05 Å². The van der Waals surface area contributed by atoms with Crippen molar-refractivity contribution in [3.05, 3.63) is 17.1 Å². The van der Waals surface area contributed by atoms with Gasteiger partial charge in [0, 0.05) is 7.05 Å². The lowest BCUT2D eigenvalue weighted by Crippen LogP contribution is -1.96. The number of rotatable bonds is 1. The minimum Gasteiger partial charge on any atom is -0.255 e. The fourth-order valence-electron chi connectivity index (χ4n) is 0.934. The number of sulfone groups is 1. The van der Waals surface area contributed by atoms with Crippen molar-refractivity contribution >= 4 is 21.4 Å². The molecule has 0 aliphatic carbocycles. The minimum atomic E-state index is -3.76. The number of hydrogen-bond donors (Lipinski definition) is 0. The third kappa shape index (κ3) is 1.47. The van der Waals surface area contributed by atoms with Crippen LogP contribution in [0.5, 0.6) is 0 Å². The summed E-state index contributed by atoms with van der Waals surface area (Å²) in [6.45, 7) is 1.53. The summed E-state index contributed by atoms with van der Waals surface area (Å²) in [7, 11) is -2.21. The Labute approximate surface area is 76.1 Å². The Balaban J connectivity index is 3.54. The molecule has 1 heterocycles. The van der Waals surface area contributed by atoms with Crippen molar-refractivity contribution < 1.29 is 8.42 Å². The molecule has 0 aliphatic rings. The van der Waals surface area contributed by atoms with E-state index in [1.807, 2.05) is 0 Å². The van der Waals surface area contributed by atoms with Gasteiger partial charge < -0.3 is 0 Å². The minimum absolute atomic E-state index is 0.0370. The maximum atomic E-state index is 10.9.